The van der Waals surface area contributed by atoms with Crippen molar-refractivity contribution >= 4 is 11.8 Å². The molecule has 1 saturated heterocycles. The van der Waals surface area contributed by atoms with Gasteiger partial charge in [0.1, 0.15) is 0 Å². The van der Waals surface area contributed by atoms with Gasteiger partial charge in [-0.3, -0.25) is 9.59 Å². The SMILES string of the molecule is CC[C@H](C)[C@H](N)C(=O)N1CCN(C(=O)C2CC2)CC1. The molecule has 2 amide bonds. The third-order valence-electron chi connectivity index (χ3n) is 4.37. The topological polar surface area (TPSA) is 66.6 Å². The summed E-state index contributed by atoms with van der Waals surface area (Å²) in [7, 11) is 0. The lowest BCUT2D eigenvalue weighted by molar-refractivity contribution is -0.141. The number of nitrogens with two attached hydrogens (primary N) is 1. The molecule has 0 aromatic carbocycles. The number of piperazine rings is 1. The van der Waals surface area contributed by atoms with E-state index < -0.39 is 6.04 Å². The van der Waals surface area contributed by atoms with E-state index in [1.807, 2.05) is 23.6 Å². The summed E-state index contributed by atoms with van der Waals surface area (Å²) in [4.78, 5) is 27.9. The van der Waals surface area contributed by atoms with Gasteiger partial charge in [-0.1, -0.05) is 20.3 Å². The summed E-state index contributed by atoms with van der Waals surface area (Å²) >= 11 is 0. The van der Waals surface area contributed by atoms with E-state index in [0.717, 1.165) is 19.3 Å². The Kier molecular flexibility index (Phi) is 4.45. The Hall–Kier alpha value is -1.10. The molecule has 1 aliphatic carbocycles. The zero-order valence-corrected chi connectivity index (χ0v) is 12.0. The van der Waals surface area contributed by atoms with Crippen molar-refractivity contribution in [2.75, 3.05) is 26.2 Å². The van der Waals surface area contributed by atoms with Gasteiger partial charge in [-0.2, -0.15) is 0 Å². The third kappa shape index (κ3) is 3.26. The van der Waals surface area contributed by atoms with Gasteiger partial charge in [0.2, 0.25) is 11.8 Å². The lowest BCUT2D eigenvalue weighted by Crippen LogP contribution is -2.55. The summed E-state index contributed by atoms with van der Waals surface area (Å²) in [5.74, 6) is 0.787. The summed E-state index contributed by atoms with van der Waals surface area (Å²) in [6.07, 6.45) is 2.99. The molecule has 2 N–H and O–H groups in total. The molecular formula is C14H25N3O2. The first-order valence-electron chi connectivity index (χ1n) is 7.37. The quantitative estimate of drug-likeness (QED) is 0.804. The fourth-order valence-electron chi connectivity index (χ4n) is 2.44. The van der Waals surface area contributed by atoms with Gasteiger partial charge in [-0.05, 0) is 18.8 Å². The minimum absolute atomic E-state index is 0.0351. The van der Waals surface area contributed by atoms with Crippen molar-refractivity contribution in [3.05, 3.63) is 0 Å². The molecular weight excluding hydrogens is 242 g/mol. The largest absolute Gasteiger partial charge is 0.339 e. The molecule has 19 heavy (non-hydrogen) atoms. The third-order valence-corrected chi connectivity index (χ3v) is 4.37. The van der Waals surface area contributed by atoms with Gasteiger partial charge in [-0.25, -0.2) is 0 Å². The highest BCUT2D eigenvalue weighted by molar-refractivity contribution is 5.83. The average molecular weight is 267 g/mol. The lowest BCUT2D eigenvalue weighted by atomic mass is 9.98. The first kappa shape index (κ1) is 14.3. The minimum atomic E-state index is -0.407. The van der Waals surface area contributed by atoms with Crippen LogP contribution in [-0.4, -0.2) is 53.8 Å². The predicted molar refractivity (Wildman–Crippen MR) is 73.3 cm³/mol. The standard InChI is InChI=1S/C14H25N3O2/c1-3-10(2)12(15)14(19)17-8-6-16(7-9-17)13(18)11-4-5-11/h10-12H,3-9,15H2,1-2H3/t10-,12-/m0/s1. The van der Waals surface area contributed by atoms with Crippen LogP contribution in [0.3, 0.4) is 0 Å². The number of hydrogen-bond donors (Lipinski definition) is 1. The highest BCUT2D eigenvalue weighted by Crippen LogP contribution is 2.31. The average Bonchev–Trinajstić information content (AvgIpc) is 3.28. The molecule has 0 spiro atoms. The van der Waals surface area contributed by atoms with Crippen LogP contribution in [0.5, 0.6) is 0 Å². The van der Waals surface area contributed by atoms with Gasteiger partial charge < -0.3 is 15.5 Å². The van der Waals surface area contributed by atoms with Gasteiger partial charge in [-0.15, -0.1) is 0 Å². The molecule has 0 aromatic rings. The Morgan fingerprint density at radius 2 is 1.68 bits per heavy atom. The monoisotopic (exact) mass is 267 g/mol. The molecule has 0 bridgehead atoms. The van der Waals surface area contributed by atoms with Crippen molar-refractivity contribution in [2.24, 2.45) is 17.6 Å². The van der Waals surface area contributed by atoms with Crippen molar-refractivity contribution in [2.45, 2.75) is 39.2 Å². The number of hydrogen-bond acceptors (Lipinski definition) is 3. The predicted octanol–water partition coefficient (Wildman–Crippen LogP) is 0.441. The fourth-order valence-corrected chi connectivity index (χ4v) is 2.44. The van der Waals surface area contributed by atoms with Gasteiger partial charge >= 0.3 is 0 Å². The van der Waals surface area contributed by atoms with E-state index in [0.29, 0.717) is 26.2 Å². The summed E-state index contributed by atoms with van der Waals surface area (Å²) in [5.41, 5.74) is 5.98. The van der Waals surface area contributed by atoms with Crippen LogP contribution in [0.15, 0.2) is 0 Å². The van der Waals surface area contributed by atoms with Gasteiger partial charge in [0.05, 0.1) is 6.04 Å². The Bertz CT molecular complexity index is 347. The van der Waals surface area contributed by atoms with Crippen LogP contribution in [0, 0.1) is 11.8 Å². The van der Waals surface area contributed by atoms with E-state index in [9.17, 15) is 9.59 Å². The zero-order chi connectivity index (χ0) is 14.0. The number of carbonyl (C=O) groups is 2. The van der Waals surface area contributed by atoms with Crippen LogP contribution in [-0.2, 0) is 9.59 Å². The maximum absolute atomic E-state index is 12.2. The fraction of sp³-hybridized carbons (Fsp3) is 0.857. The molecule has 2 rings (SSSR count). The number of nitrogens with zero attached hydrogens (tertiary/aromatic N) is 2. The molecule has 1 heterocycles. The van der Waals surface area contributed by atoms with Gasteiger partial charge in [0.15, 0.2) is 0 Å². The molecule has 1 aliphatic heterocycles. The van der Waals surface area contributed by atoms with Gasteiger partial charge in [0, 0.05) is 32.1 Å². The molecule has 2 atom stereocenters. The Morgan fingerprint density at radius 3 is 2.16 bits per heavy atom. The molecule has 0 aromatic heterocycles. The normalized spacial score (nSPS) is 23.1. The Balaban J connectivity index is 1.82. The van der Waals surface area contributed by atoms with Crippen LogP contribution in [0.25, 0.3) is 0 Å². The minimum Gasteiger partial charge on any atom is -0.339 e. The van der Waals surface area contributed by atoms with Crippen LogP contribution in [0.4, 0.5) is 0 Å². The van der Waals surface area contributed by atoms with E-state index in [-0.39, 0.29) is 23.7 Å². The molecule has 2 aliphatic rings. The van der Waals surface area contributed by atoms with Crippen LogP contribution in [0.1, 0.15) is 33.1 Å². The second-order valence-electron chi connectivity index (χ2n) is 5.84. The summed E-state index contributed by atoms with van der Waals surface area (Å²) < 4.78 is 0. The summed E-state index contributed by atoms with van der Waals surface area (Å²) in [6.45, 7) is 6.63. The van der Waals surface area contributed by atoms with Crippen molar-refractivity contribution in [3.63, 3.8) is 0 Å². The highest BCUT2D eigenvalue weighted by Gasteiger charge is 2.35. The number of rotatable bonds is 4. The molecule has 108 valence electrons. The lowest BCUT2D eigenvalue weighted by Gasteiger charge is -2.36. The van der Waals surface area contributed by atoms with Crippen molar-refractivity contribution in [1.82, 2.24) is 9.80 Å². The molecule has 5 heteroatoms. The first-order valence-corrected chi connectivity index (χ1v) is 7.37. The van der Waals surface area contributed by atoms with Crippen molar-refractivity contribution < 1.29 is 9.59 Å². The highest BCUT2D eigenvalue weighted by atomic mass is 16.2. The first-order chi connectivity index (χ1) is 9.04. The summed E-state index contributed by atoms with van der Waals surface area (Å²) in [6, 6.07) is -0.407. The molecule has 2 fully saturated rings. The van der Waals surface area contributed by atoms with Gasteiger partial charge in [0.25, 0.3) is 0 Å². The van der Waals surface area contributed by atoms with Crippen molar-refractivity contribution in [3.8, 4) is 0 Å². The smallest absolute Gasteiger partial charge is 0.239 e. The van der Waals surface area contributed by atoms with E-state index >= 15 is 0 Å². The van der Waals surface area contributed by atoms with E-state index in [4.69, 9.17) is 5.73 Å². The number of amides is 2. The number of carbonyl (C=O) groups excluding carboxylic acids is 2. The second-order valence-corrected chi connectivity index (χ2v) is 5.84. The summed E-state index contributed by atoms with van der Waals surface area (Å²) in [5, 5.41) is 0. The zero-order valence-electron chi connectivity index (χ0n) is 12.0. The molecule has 0 radical (unpaired) electrons. The van der Waals surface area contributed by atoms with Crippen LogP contribution < -0.4 is 5.73 Å². The molecule has 0 unspecified atom stereocenters. The van der Waals surface area contributed by atoms with Crippen LogP contribution >= 0.6 is 0 Å². The molecule has 1 saturated carbocycles. The molecule has 5 nitrogen and oxygen atoms in total. The van der Waals surface area contributed by atoms with E-state index in [1.54, 1.807) is 0 Å². The maximum atomic E-state index is 12.2. The van der Waals surface area contributed by atoms with E-state index in [2.05, 4.69) is 0 Å². The maximum Gasteiger partial charge on any atom is 0.239 e. The Labute approximate surface area is 115 Å². The van der Waals surface area contributed by atoms with E-state index in [1.165, 1.54) is 0 Å². The van der Waals surface area contributed by atoms with Crippen LogP contribution in [0.2, 0.25) is 0 Å². The second kappa shape index (κ2) is 5.90. The van der Waals surface area contributed by atoms with Crippen molar-refractivity contribution in [1.29, 1.82) is 0 Å². The Morgan fingerprint density at radius 1 is 1.16 bits per heavy atom.